The third kappa shape index (κ3) is 4.36. The summed E-state index contributed by atoms with van der Waals surface area (Å²) in [4.78, 5) is 28.3. The van der Waals surface area contributed by atoms with Gasteiger partial charge in [-0.1, -0.05) is 49.4 Å². The first kappa shape index (κ1) is 23.4. The first-order valence-corrected chi connectivity index (χ1v) is 12.6. The van der Waals surface area contributed by atoms with Crippen LogP contribution in [0.15, 0.2) is 34.7 Å². The number of carbonyl (C=O) groups is 2. The van der Waals surface area contributed by atoms with E-state index < -0.39 is 5.92 Å². The standard InChI is InChI=1S/C26H31Cl2NO3/c1-3-4-5-6-13-32-26-17(27)14-16(15-18(26)28)23-24-19(9-7-11-21(24)30)29(2)20-10-8-12-22(31)25(20)23/h14-15,23H,3-13H2,1-2H3. The Morgan fingerprint density at radius 2 is 1.47 bits per heavy atom. The zero-order chi connectivity index (χ0) is 22.8. The lowest BCUT2D eigenvalue weighted by Crippen LogP contribution is -2.37. The van der Waals surface area contributed by atoms with Gasteiger partial charge in [0.1, 0.15) is 0 Å². The lowest BCUT2D eigenvalue weighted by atomic mass is 9.71. The molecule has 4 nitrogen and oxygen atoms in total. The van der Waals surface area contributed by atoms with E-state index in [1.807, 2.05) is 19.2 Å². The fraction of sp³-hybridized carbons (Fsp3) is 0.538. The zero-order valence-electron chi connectivity index (χ0n) is 18.9. The average molecular weight is 476 g/mol. The molecule has 4 rings (SSSR count). The highest BCUT2D eigenvalue weighted by Gasteiger charge is 2.42. The number of carbonyl (C=O) groups excluding carboxylic acids is 2. The SMILES string of the molecule is CCCCCCOc1c(Cl)cc(C2C3=C(CCCC3=O)N(C)C3=C2C(=O)CCC3)cc1Cl. The van der Waals surface area contributed by atoms with Crippen molar-refractivity contribution in [3.63, 3.8) is 0 Å². The van der Waals surface area contributed by atoms with E-state index in [2.05, 4.69) is 11.8 Å². The molecule has 172 valence electrons. The highest BCUT2D eigenvalue weighted by molar-refractivity contribution is 6.37. The molecule has 0 saturated carbocycles. The van der Waals surface area contributed by atoms with Crippen molar-refractivity contribution in [2.24, 2.45) is 0 Å². The first-order valence-electron chi connectivity index (χ1n) is 11.8. The van der Waals surface area contributed by atoms with Crippen LogP contribution < -0.4 is 4.74 Å². The molecule has 6 heteroatoms. The van der Waals surface area contributed by atoms with Crippen molar-refractivity contribution in [2.45, 2.75) is 77.0 Å². The molecule has 0 saturated heterocycles. The Morgan fingerprint density at radius 1 is 0.906 bits per heavy atom. The number of ether oxygens (including phenoxy) is 1. The van der Waals surface area contributed by atoms with E-state index >= 15 is 0 Å². The molecule has 3 aliphatic rings. The molecule has 1 aromatic carbocycles. The third-order valence-corrected chi connectivity index (χ3v) is 7.40. The minimum atomic E-state index is -0.398. The van der Waals surface area contributed by atoms with Crippen LogP contribution in [0.1, 0.15) is 82.6 Å². The van der Waals surface area contributed by atoms with E-state index in [9.17, 15) is 9.59 Å². The Morgan fingerprint density at radius 3 is 2.00 bits per heavy atom. The minimum absolute atomic E-state index is 0.122. The van der Waals surface area contributed by atoms with Gasteiger partial charge in [0.15, 0.2) is 17.3 Å². The van der Waals surface area contributed by atoms with Crippen LogP contribution in [0.2, 0.25) is 10.0 Å². The summed E-state index contributed by atoms with van der Waals surface area (Å²) in [5.74, 6) is 0.327. The van der Waals surface area contributed by atoms with Gasteiger partial charge >= 0.3 is 0 Å². The quantitative estimate of drug-likeness (QED) is 0.398. The van der Waals surface area contributed by atoms with Crippen molar-refractivity contribution in [1.29, 1.82) is 0 Å². The number of nitrogens with zero attached hydrogens (tertiary/aromatic N) is 1. The summed E-state index contributed by atoms with van der Waals surface area (Å²) >= 11 is 13.2. The number of Topliss-reactive ketones (excluding diaryl/α,β-unsaturated/α-hetero) is 2. The molecule has 0 unspecified atom stereocenters. The van der Waals surface area contributed by atoms with E-state index in [-0.39, 0.29) is 11.6 Å². The molecule has 0 radical (unpaired) electrons. The molecule has 1 aliphatic heterocycles. The molecule has 0 fully saturated rings. The molecule has 0 spiro atoms. The molecular weight excluding hydrogens is 445 g/mol. The monoisotopic (exact) mass is 475 g/mol. The predicted molar refractivity (Wildman–Crippen MR) is 128 cm³/mol. The fourth-order valence-corrected chi connectivity index (χ4v) is 5.89. The van der Waals surface area contributed by atoms with E-state index in [0.29, 0.717) is 35.2 Å². The van der Waals surface area contributed by atoms with E-state index in [0.717, 1.165) is 66.6 Å². The minimum Gasteiger partial charge on any atom is -0.490 e. The van der Waals surface area contributed by atoms with Crippen molar-refractivity contribution in [1.82, 2.24) is 4.90 Å². The van der Waals surface area contributed by atoms with Crippen molar-refractivity contribution < 1.29 is 14.3 Å². The maximum atomic E-state index is 13.1. The molecular formula is C26H31Cl2NO3. The van der Waals surface area contributed by atoms with Gasteiger partial charge in [0, 0.05) is 48.3 Å². The fourth-order valence-electron chi connectivity index (χ4n) is 5.27. The van der Waals surface area contributed by atoms with Crippen LogP contribution in [-0.2, 0) is 9.59 Å². The topological polar surface area (TPSA) is 46.6 Å². The average Bonchev–Trinajstić information content (AvgIpc) is 2.76. The second-order valence-corrected chi connectivity index (χ2v) is 9.80. The number of benzene rings is 1. The summed E-state index contributed by atoms with van der Waals surface area (Å²) < 4.78 is 5.90. The van der Waals surface area contributed by atoms with Crippen molar-refractivity contribution in [3.8, 4) is 5.75 Å². The number of allylic oxidation sites excluding steroid dienone is 4. The van der Waals surface area contributed by atoms with Gasteiger partial charge in [-0.25, -0.2) is 0 Å². The predicted octanol–water partition coefficient (Wildman–Crippen LogP) is 7.00. The Bertz CT molecular complexity index is 928. The molecule has 0 atom stereocenters. The van der Waals surface area contributed by atoms with Gasteiger partial charge in [0.2, 0.25) is 0 Å². The molecule has 0 amide bonds. The smallest absolute Gasteiger partial charge is 0.161 e. The third-order valence-electron chi connectivity index (χ3n) is 6.84. The van der Waals surface area contributed by atoms with Gasteiger partial charge in [-0.3, -0.25) is 9.59 Å². The summed E-state index contributed by atoms with van der Waals surface area (Å²) in [6.07, 6.45) is 8.82. The molecule has 0 bridgehead atoms. The summed E-state index contributed by atoms with van der Waals surface area (Å²) in [5, 5.41) is 0.857. The number of hydrogen-bond donors (Lipinski definition) is 0. The van der Waals surface area contributed by atoms with Crippen LogP contribution in [0, 0.1) is 0 Å². The molecule has 32 heavy (non-hydrogen) atoms. The Kier molecular flexibility index (Phi) is 7.31. The lowest BCUT2D eigenvalue weighted by Gasteiger charge is -2.42. The van der Waals surface area contributed by atoms with Gasteiger partial charge in [-0.15, -0.1) is 0 Å². The van der Waals surface area contributed by atoms with Crippen molar-refractivity contribution >= 4 is 34.8 Å². The van der Waals surface area contributed by atoms with Crippen LogP contribution in [0.4, 0.5) is 0 Å². The normalized spacial score (nSPS) is 19.4. The molecule has 0 aromatic heterocycles. The highest BCUT2D eigenvalue weighted by Crippen LogP contribution is 2.50. The summed E-state index contributed by atoms with van der Waals surface area (Å²) in [7, 11) is 1.99. The maximum absolute atomic E-state index is 13.1. The number of rotatable bonds is 7. The van der Waals surface area contributed by atoms with Crippen LogP contribution >= 0.6 is 23.2 Å². The van der Waals surface area contributed by atoms with Crippen LogP contribution in [0.25, 0.3) is 0 Å². The van der Waals surface area contributed by atoms with Gasteiger partial charge in [-0.2, -0.15) is 0 Å². The van der Waals surface area contributed by atoms with Gasteiger partial charge < -0.3 is 9.64 Å². The lowest BCUT2D eigenvalue weighted by molar-refractivity contribution is -0.117. The van der Waals surface area contributed by atoms with E-state index in [1.54, 1.807) is 0 Å². The van der Waals surface area contributed by atoms with Crippen molar-refractivity contribution in [2.75, 3.05) is 13.7 Å². The maximum Gasteiger partial charge on any atom is 0.161 e. The molecule has 2 aliphatic carbocycles. The Hall–Kier alpha value is -1.78. The number of halogens is 2. The van der Waals surface area contributed by atoms with Crippen molar-refractivity contribution in [3.05, 3.63) is 50.3 Å². The zero-order valence-corrected chi connectivity index (χ0v) is 20.4. The summed E-state index contributed by atoms with van der Waals surface area (Å²) in [6.45, 7) is 2.74. The van der Waals surface area contributed by atoms with Crippen LogP contribution in [-0.4, -0.2) is 30.1 Å². The second kappa shape index (κ2) is 10.0. The number of hydrogen-bond acceptors (Lipinski definition) is 4. The second-order valence-electron chi connectivity index (χ2n) is 8.99. The molecule has 0 N–H and O–H groups in total. The van der Waals surface area contributed by atoms with Crippen LogP contribution in [0.3, 0.4) is 0 Å². The first-order chi connectivity index (χ1) is 15.4. The number of unbranched alkanes of at least 4 members (excludes halogenated alkanes) is 3. The molecule has 1 heterocycles. The number of ketones is 2. The van der Waals surface area contributed by atoms with Gasteiger partial charge in [0.25, 0.3) is 0 Å². The largest absolute Gasteiger partial charge is 0.490 e. The summed E-state index contributed by atoms with van der Waals surface area (Å²) in [6, 6.07) is 3.67. The van der Waals surface area contributed by atoms with Crippen LogP contribution in [0.5, 0.6) is 5.75 Å². The van der Waals surface area contributed by atoms with Gasteiger partial charge in [-0.05, 0) is 49.8 Å². The highest BCUT2D eigenvalue weighted by atomic mass is 35.5. The van der Waals surface area contributed by atoms with Gasteiger partial charge in [0.05, 0.1) is 16.7 Å². The Labute approximate surface area is 200 Å². The Balaban J connectivity index is 1.73. The van der Waals surface area contributed by atoms with E-state index in [1.165, 1.54) is 12.8 Å². The van der Waals surface area contributed by atoms with E-state index in [4.69, 9.17) is 27.9 Å². The molecule has 1 aromatic rings. The summed E-state index contributed by atoms with van der Waals surface area (Å²) in [5.41, 5.74) is 4.38.